The van der Waals surface area contributed by atoms with Crippen molar-refractivity contribution in [1.82, 2.24) is 0 Å². The van der Waals surface area contributed by atoms with E-state index >= 15 is 0 Å². The molecule has 2 N–H and O–H groups in total. The number of thiophene rings is 1. The smallest absolute Gasteiger partial charge is 0.148 e. The fourth-order valence-electron chi connectivity index (χ4n) is 4.04. The normalized spacial score (nSPS) is 21.6. The number of rotatable bonds is 6. The molecule has 1 fully saturated rings. The SMILES string of the molecule is CC(C)c1cccc(C(C)C)c1N(C=N)C(=N)c1sccc1C1(C)C[C@H]1C. The minimum absolute atomic E-state index is 0.174. The average molecular weight is 382 g/mol. The van der Waals surface area contributed by atoms with Crippen molar-refractivity contribution < 1.29 is 0 Å². The molecule has 1 aromatic heterocycles. The summed E-state index contributed by atoms with van der Waals surface area (Å²) in [6.45, 7) is 13.3. The first-order valence-corrected chi connectivity index (χ1v) is 10.7. The molecular formula is C23H31N3S. The summed E-state index contributed by atoms with van der Waals surface area (Å²) in [6, 6.07) is 8.55. The molecular weight excluding hydrogens is 350 g/mol. The average Bonchev–Trinajstić information content (AvgIpc) is 3.02. The van der Waals surface area contributed by atoms with Crippen molar-refractivity contribution >= 4 is 29.2 Å². The molecule has 2 atom stereocenters. The Balaban J connectivity index is 2.11. The maximum absolute atomic E-state index is 9.02. The van der Waals surface area contributed by atoms with Gasteiger partial charge in [-0.2, -0.15) is 0 Å². The molecule has 0 aliphatic heterocycles. The molecule has 0 amide bonds. The van der Waals surface area contributed by atoms with Gasteiger partial charge in [-0.25, -0.2) is 0 Å². The zero-order chi connectivity index (χ0) is 19.9. The number of amidine groups is 1. The van der Waals surface area contributed by atoms with E-state index in [1.54, 1.807) is 16.2 Å². The molecule has 1 heterocycles. The second-order valence-electron chi connectivity index (χ2n) is 8.63. The Bertz CT molecular complexity index is 838. The summed E-state index contributed by atoms with van der Waals surface area (Å²) in [5.74, 6) is 1.74. The molecule has 0 bridgehead atoms. The standard InChI is InChI=1S/C23H31N3S/c1-14(2)17-8-7-9-18(15(3)4)20(17)26(13-24)22(25)21-19(10-11-27-21)23(6)12-16(23)5/h7-11,13-16,24-25H,12H2,1-6H3/t16-,23?/m1/s1. The van der Waals surface area contributed by atoms with Crippen LogP contribution in [0, 0.1) is 16.7 Å². The molecule has 0 saturated heterocycles. The van der Waals surface area contributed by atoms with Gasteiger partial charge in [0.05, 0.1) is 16.9 Å². The Labute approximate surface area is 167 Å². The molecule has 2 aromatic rings. The monoisotopic (exact) mass is 381 g/mol. The van der Waals surface area contributed by atoms with Crippen LogP contribution in [0.3, 0.4) is 0 Å². The summed E-state index contributed by atoms with van der Waals surface area (Å²) in [4.78, 5) is 2.79. The number of para-hydroxylation sites is 1. The summed E-state index contributed by atoms with van der Waals surface area (Å²) < 4.78 is 0. The first-order valence-electron chi connectivity index (χ1n) is 9.81. The maximum Gasteiger partial charge on any atom is 0.148 e. The number of anilines is 1. The van der Waals surface area contributed by atoms with Crippen LogP contribution in [0.15, 0.2) is 29.6 Å². The van der Waals surface area contributed by atoms with E-state index in [2.05, 4.69) is 71.2 Å². The summed E-state index contributed by atoms with van der Waals surface area (Å²) >= 11 is 1.62. The molecule has 1 saturated carbocycles. The predicted octanol–water partition coefficient (Wildman–Crippen LogP) is 6.73. The number of hydrogen-bond acceptors (Lipinski definition) is 3. The minimum Gasteiger partial charge on any atom is -0.291 e. The van der Waals surface area contributed by atoms with Crippen LogP contribution in [0.2, 0.25) is 0 Å². The van der Waals surface area contributed by atoms with Gasteiger partial charge in [0, 0.05) is 0 Å². The van der Waals surface area contributed by atoms with Crippen LogP contribution in [0.1, 0.15) is 81.4 Å². The fourth-order valence-corrected chi connectivity index (χ4v) is 5.01. The molecule has 0 radical (unpaired) electrons. The lowest BCUT2D eigenvalue weighted by Gasteiger charge is -2.29. The van der Waals surface area contributed by atoms with Gasteiger partial charge in [0.15, 0.2) is 0 Å². The molecule has 1 unspecified atom stereocenters. The molecule has 3 rings (SSSR count). The number of benzene rings is 1. The van der Waals surface area contributed by atoms with Crippen LogP contribution >= 0.6 is 11.3 Å². The van der Waals surface area contributed by atoms with Crippen molar-refractivity contribution in [3.05, 3.63) is 51.2 Å². The maximum atomic E-state index is 9.02. The highest BCUT2D eigenvalue weighted by molar-refractivity contribution is 7.12. The lowest BCUT2D eigenvalue weighted by Crippen LogP contribution is -2.32. The summed E-state index contributed by atoms with van der Waals surface area (Å²) in [5, 5.41) is 19.3. The van der Waals surface area contributed by atoms with Gasteiger partial charge in [-0.05, 0) is 57.7 Å². The lowest BCUT2D eigenvalue weighted by molar-refractivity contribution is 0.703. The van der Waals surface area contributed by atoms with Crippen molar-refractivity contribution in [1.29, 1.82) is 10.8 Å². The van der Waals surface area contributed by atoms with Crippen molar-refractivity contribution in [3.8, 4) is 0 Å². The molecule has 3 nitrogen and oxygen atoms in total. The summed E-state index contributed by atoms with van der Waals surface area (Å²) in [6.07, 6.45) is 2.49. The van der Waals surface area contributed by atoms with Gasteiger partial charge in [0.1, 0.15) is 5.84 Å². The van der Waals surface area contributed by atoms with Crippen LogP contribution in [0.5, 0.6) is 0 Å². The Morgan fingerprint density at radius 3 is 2.19 bits per heavy atom. The first kappa shape index (κ1) is 19.8. The van der Waals surface area contributed by atoms with Gasteiger partial charge >= 0.3 is 0 Å². The van der Waals surface area contributed by atoms with Crippen LogP contribution in [-0.2, 0) is 5.41 Å². The first-order chi connectivity index (χ1) is 12.7. The Hall–Kier alpha value is -1.94. The van der Waals surface area contributed by atoms with E-state index in [0.717, 1.165) is 10.6 Å². The molecule has 1 aliphatic rings. The minimum atomic E-state index is 0.174. The number of nitrogens with zero attached hydrogens (tertiary/aromatic N) is 1. The lowest BCUT2D eigenvalue weighted by atomic mass is 9.91. The van der Waals surface area contributed by atoms with Gasteiger partial charge in [0.2, 0.25) is 0 Å². The Morgan fingerprint density at radius 1 is 1.19 bits per heavy atom. The molecule has 0 spiro atoms. The van der Waals surface area contributed by atoms with Gasteiger partial charge < -0.3 is 0 Å². The van der Waals surface area contributed by atoms with E-state index in [-0.39, 0.29) is 5.41 Å². The highest BCUT2D eigenvalue weighted by Crippen LogP contribution is 2.55. The second-order valence-corrected chi connectivity index (χ2v) is 9.54. The van der Waals surface area contributed by atoms with E-state index in [4.69, 9.17) is 10.8 Å². The van der Waals surface area contributed by atoms with Gasteiger partial charge in [0.25, 0.3) is 0 Å². The summed E-state index contributed by atoms with van der Waals surface area (Å²) in [5.41, 5.74) is 4.84. The largest absolute Gasteiger partial charge is 0.291 e. The van der Waals surface area contributed by atoms with E-state index in [1.165, 1.54) is 29.4 Å². The zero-order valence-electron chi connectivity index (χ0n) is 17.3. The van der Waals surface area contributed by atoms with Gasteiger partial charge in [-0.3, -0.25) is 15.7 Å². The van der Waals surface area contributed by atoms with Crippen molar-refractivity contribution in [2.24, 2.45) is 5.92 Å². The quantitative estimate of drug-likeness (QED) is 0.423. The van der Waals surface area contributed by atoms with Crippen LogP contribution in [0.4, 0.5) is 5.69 Å². The predicted molar refractivity (Wildman–Crippen MR) is 118 cm³/mol. The van der Waals surface area contributed by atoms with Crippen molar-refractivity contribution in [3.63, 3.8) is 0 Å². The summed E-state index contributed by atoms with van der Waals surface area (Å²) in [7, 11) is 0. The van der Waals surface area contributed by atoms with Crippen molar-refractivity contribution in [2.45, 2.75) is 65.2 Å². The molecule has 1 aliphatic carbocycles. The fraction of sp³-hybridized carbons (Fsp3) is 0.478. The highest BCUT2D eigenvalue weighted by atomic mass is 32.1. The molecule has 4 heteroatoms. The third kappa shape index (κ3) is 3.36. The zero-order valence-corrected chi connectivity index (χ0v) is 18.1. The highest BCUT2D eigenvalue weighted by Gasteiger charge is 2.49. The Kier molecular flexibility index (Phi) is 5.31. The molecule has 144 valence electrons. The van der Waals surface area contributed by atoms with Crippen molar-refractivity contribution in [2.75, 3.05) is 4.90 Å². The topological polar surface area (TPSA) is 50.9 Å². The van der Waals surface area contributed by atoms with Gasteiger partial charge in [-0.15, -0.1) is 11.3 Å². The third-order valence-corrected chi connectivity index (χ3v) is 7.03. The Morgan fingerprint density at radius 2 is 1.74 bits per heavy atom. The van der Waals surface area contributed by atoms with E-state index < -0.39 is 0 Å². The second kappa shape index (κ2) is 7.23. The number of hydrogen-bond donors (Lipinski definition) is 2. The van der Waals surface area contributed by atoms with Crippen LogP contribution in [-0.4, -0.2) is 12.2 Å². The van der Waals surface area contributed by atoms with E-state index in [0.29, 0.717) is 23.6 Å². The van der Waals surface area contributed by atoms with E-state index in [9.17, 15) is 0 Å². The van der Waals surface area contributed by atoms with Crippen LogP contribution in [0.25, 0.3) is 0 Å². The number of nitrogens with one attached hydrogen (secondary N) is 2. The third-order valence-electron chi connectivity index (χ3n) is 6.11. The molecule has 1 aromatic carbocycles. The van der Waals surface area contributed by atoms with Gasteiger partial charge in [-0.1, -0.05) is 59.7 Å². The molecule has 27 heavy (non-hydrogen) atoms. The van der Waals surface area contributed by atoms with E-state index in [1.807, 2.05) is 0 Å². The van der Waals surface area contributed by atoms with Crippen LogP contribution < -0.4 is 4.90 Å².